The third-order valence-electron chi connectivity index (χ3n) is 2.02. The molecule has 0 unspecified atom stereocenters. The number of carbonyl (C=O) groups excluding carboxylic acids is 1. The van der Waals surface area contributed by atoms with Crippen LogP contribution in [0.1, 0.15) is 10.4 Å². The Labute approximate surface area is 107 Å². The fourth-order valence-electron chi connectivity index (χ4n) is 1.24. The number of amides is 1. The van der Waals surface area contributed by atoms with Crippen LogP contribution in [0, 0.1) is 11.3 Å². The highest BCUT2D eigenvalue weighted by atomic mass is 35.5. The van der Waals surface area contributed by atoms with E-state index in [4.69, 9.17) is 16.9 Å². The fourth-order valence-corrected chi connectivity index (χ4v) is 1.38. The van der Waals surface area contributed by atoms with Gasteiger partial charge in [-0.25, -0.2) is 9.67 Å². The molecule has 0 saturated heterocycles. The second-order valence-corrected chi connectivity index (χ2v) is 3.54. The van der Waals surface area contributed by atoms with Crippen LogP contribution in [-0.2, 0) is 0 Å². The van der Waals surface area contributed by atoms with Gasteiger partial charge in [0, 0.05) is 18.5 Å². The summed E-state index contributed by atoms with van der Waals surface area (Å²) >= 11 is 5.65. The zero-order chi connectivity index (χ0) is 13.0. The van der Waals surface area contributed by atoms with Crippen molar-refractivity contribution in [3.8, 4) is 11.9 Å². The molecule has 0 bridgehead atoms. The molecule has 0 radical (unpaired) electrons. The third kappa shape index (κ3) is 2.61. The number of carbonyl (C=O) groups is 1. The molecule has 90 valence electrons. The van der Waals surface area contributed by atoms with Crippen LogP contribution in [0.3, 0.4) is 0 Å². The maximum absolute atomic E-state index is 11.5. The predicted molar refractivity (Wildman–Crippen MR) is 62.1 cm³/mol. The molecule has 2 aromatic rings. The summed E-state index contributed by atoms with van der Waals surface area (Å²) < 4.78 is 1.40. The van der Waals surface area contributed by atoms with E-state index in [2.05, 4.69) is 20.4 Å². The van der Waals surface area contributed by atoms with Crippen molar-refractivity contribution in [2.75, 3.05) is 6.54 Å². The number of halogens is 1. The molecule has 8 heteroatoms. The van der Waals surface area contributed by atoms with Crippen LogP contribution in [0.2, 0.25) is 5.28 Å². The van der Waals surface area contributed by atoms with Crippen molar-refractivity contribution < 1.29 is 4.79 Å². The van der Waals surface area contributed by atoms with Crippen molar-refractivity contribution in [3.05, 3.63) is 35.5 Å². The van der Waals surface area contributed by atoms with E-state index in [1.54, 1.807) is 6.07 Å². The first-order chi connectivity index (χ1) is 8.70. The van der Waals surface area contributed by atoms with Crippen LogP contribution in [0.25, 0.3) is 5.82 Å². The Balaban J connectivity index is 2.21. The van der Waals surface area contributed by atoms with Gasteiger partial charge in [0.25, 0.3) is 5.91 Å². The van der Waals surface area contributed by atoms with Crippen molar-refractivity contribution >= 4 is 17.5 Å². The molecular weight excluding hydrogens is 256 g/mol. The van der Waals surface area contributed by atoms with E-state index in [-0.39, 0.29) is 17.7 Å². The molecule has 7 nitrogen and oxygen atoms in total. The van der Waals surface area contributed by atoms with E-state index in [0.717, 1.165) is 0 Å². The van der Waals surface area contributed by atoms with Gasteiger partial charge in [-0.3, -0.25) is 4.79 Å². The zero-order valence-electron chi connectivity index (χ0n) is 9.04. The zero-order valence-corrected chi connectivity index (χ0v) is 9.79. The van der Waals surface area contributed by atoms with Gasteiger partial charge in [0.2, 0.25) is 5.28 Å². The van der Waals surface area contributed by atoms with Crippen molar-refractivity contribution in [1.29, 1.82) is 5.26 Å². The quantitative estimate of drug-likeness (QED) is 0.644. The molecule has 0 aliphatic rings. The third-order valence-corrected chi connectivity index (χ3v) is 2.20. The normalized spacial score (nSPS) is 9.78. The first-order valence-corrected chi connectivity index (χ1v) is 5.27. The molecule has 0 spiro atoms. The highest BCUT2D eigenvalue weighted by molar-refractivity contribution is 6.28. The Morgan fingerprint density at radius 2 is 2.44 bits per heavy atom. The average Bonchev–Trinajstić information content (AvgIpc) is 2.85. The minimum Gasteiger partial charge on any atom is -0.339 e. The van der Waals surface area contributed by atoms with Gasteiger partial charge in [0.05, 0.1) is 17.8 Å². The Hall–Kier alpha value is -2.46. The topological polar surface area (TPSA) is 96.5 Å². The molecule has 1 N–H and O–H groups in total. The maximum Gasteiger partial charge on any atom is 0.255 e. The van der Waals surface area contributed by atoms with E-state index >= 15 is 0 Å². The Morgan fingerprint density at radius 3 is 3.17 bits per heavy atom. The summed E-state index contributed by atoms with van der Waals surface area (Å²) in [5.74, 6) is 0.0808. The Bertz CT molecular complexity index is 617. The molecule has 0 atom stereocenters. The van der Waals surface area contributed by atoms with Gasteiger partial charge in [-0.1, -0.05) is 0 Å². The molecule has 0 saturated carbocycles. The second-order valence-electron chi connectivity index (χ2n) is 3.20. The lowest BCUT2D eigenvalue weighted by Gasteiger charge is -1.99. The summed E-state index contributed by atoms with van der Waals surface area (Å²) in [6.45, 7) is -0.0522. The highest BCUT2D eigenvalue weighted by Crippen LogP contribution is 2.07. The predicted octanol–water partition coefficient (Wildman–Crippen LogP) is 0.569. The van der Waals surface area contributed by atoms with Gasteiger partial charge in [-0.05, 0) is 11.6 Å². The molecule has 0 aliphatic heterocycles. The maximum atomic E-state index is 11.5. The lowest BCUT2D eigenvalue weighted by molar-refractivity contribution is 0.0958. The first-order valence-electron chi connectivity index (χ1n) is 4.89. The number of aromatic nitrogens is 4. The lowest BCUT2D eigenvalue weighted by atomic mass is 10.3. The van der Waals surface area contributed by atoms with Crippen LogP contribution < -0.4 is 5.32 Å². The van der Waals surface area contributed by atoms with Gasteiger partial charge in [0.15, 0.2) is 5.82 Å². The molecule has 1 amide bonds. The van der Waals surface area contributed by atoms with Crippen molar-refractivity contribution in [1.82, 2.24) is 25.1 Å². The summed E-state index contributed by atoms with van der Waals surface area (Å²) in [6.07, 6.45) is 4.36. The largest absolute Gasteiger partial charge is 0.339 e. The summed E-state index contributed by atoms with van der Waals surface area (Å²) in [4.78, 5) is 19.2. The second kappa shape index (κ2) is 5.25. The van der Waals surface area contributed by atoms with Crippen LogP contribution in [-0.4, -0.2) is 32.2 Å². The molecule has 0 aromatic carbocycles. The standard InChI is InChI=1S/C10H7ClN6O/c11-10-14-3-1-8(16-10)17-6-7(5-15-17)9(18)13-4-2-12/h1,3,5-6H,4H2,(H,13,18). The van der Waals surface area contributed by atoms with Gasteiger partial charge >= 0.3 is 0 Å². The number of nitrogens with one attached hydrogen (secondary N) is 1. The van der Waals surface area contributed by atoms with E-state index in [1.807, 2.05) is 6.07 Å². The summed E-state index contributed by atoms with van der Waals surface area (Å²) in [5, 5.41) is 14.8. The number of hydrogen-bond acceptors (Lipinski definition) is 5. The summed E-state index contributed by atoms with van der Waals surface area (Å²) in [7, 11) is 0. The molecule has 2 heterocycles. The number of rotatable bonds is 3. The Morgan fingerprint density at radius 1 is 1.61 bits per heavy atom. The number of nitriles is 1. The van der Waals surface area contributed by atoms with Crippen molar-refractivity contribution in [3.63, 3.8) is 0 Å². The fraction of sp³-hybridized carbons (Fsp3) is 0.100. The molecule has 0 fully saturated rings. The monoisotopic (exact) mass is 262 g/mol. The lowest BCUT2D eigenvalue weighted by Crippen LogP contribution is -2.22. The van der Waals surface area contributed by atoms with E-state index < -0.39 is 0 Å². The molecule has 2 rings (SSSR count). The summed E-state index contributed by atoms with van der Waals surface area (Å²) in [5.41, 5.74) is 0.333. The smallest absolute Gasteiger partial charge is 0.255 e. The van der Waals surface area contributed by atoms with Gasteiger partial charge < -0.3 is 5.32 Å². The van der Waals surface area contributed by atoms with Crippen molar-refractivity contribution in [2.45, 2.75) is 0 Å². The van der Waals surface area contributed by atoms with E-state index in [0.29, 0.717) is 11.4 Å². The number of hydrogen-bond donors (Lipinski definition) is 1. The summed E-state index contributed by atoms with van der Waals surface area (Å²) in [6, 6.07) is 3.42. The van der Waals surface area contributed by atoms with E-state index in [1.165, 1.54) is 23.3 Å². The highest BCUT2D eigenvalue weighted by Gasteiger charge is 2.09. The minimum atomic E-state index is -0.372. The van der Waals surface area contributed by atoms with Gasteiger partial charge in [0.1, 0.15) is 6.54 Å². The van der Waals surface area contributed by atoms with E-state index in [9.17, 15) is 4.79 Å². The molecule has 0 aliphatic carbocycles. The molecule has 2 aromatic heterocycles. The van der Waals surface area contributed by atoms with Gasteiger partial charge in [-0.2, -0.15) is 15.3 Å². The Kier molecular flexibility index (Phi) is 3.50. The van der Waals surface area contributed by atoms with Gasteiger partial charge in [-0.15, -0.1) is 0 Å². The molecular formula is C10H7ClN6O. The van der Waals surface area contributed by atoms with Crippen LogP contribution in [0.5, 0.6) is 0 Å². The first kappa shape index (κ1) is 12.0. The molecule has 18 heavy (non-hydrogen) atoms. The SMILES string of the molecule is N#CCNC(=O)c1cnn(-c2ccnc(Cl)n2)c1. The van der Waals surface area contributed by atoms with Crippen LogP contribution in [0.15, 0.2) is 24.7 Å². The minimum absolute atomic E-state index is 0.0522. The van der Waals surface area contributed by atoms with Crippen LogP contribution in [0.4, 0.5) is 0 Å². The average molecular weight is 263 g/mol. The van der Waals surface area contributed by atoms with Crippen LogP contribution >= 0.6 is 11.6 Å². The number of nitrogens with zero attached hydrogens (tertiary/aromatic N) is 5. The van der Waals surface area contributed by atoms with Crippen molar-refractivity contribution in [2.24, 2.45) is 0 Å².